The van der Waals surface area contributed by atoms with Gasteiger partial charge in [-0.2, -0.15) is 0 Å². The van der Waals surface area contributed by atoms with Crippen molar-refractivity contribution in [1.29, 1.82) is 0 Å². The van der Waals surface area contributed by atoms with Gasteiger partial charge in [0.15, 0.2) is 15.8 Å². The Kier molecular flexibility index (Phi) is 8.91. The number of sulfone groups is 1. The Morgan fingerprint density at radius 2 is 1.95 bits per heavy atom. The highest BCUT2D eigenvalue weighted by Crippen LogP contribution is 2.15. The lowest BCUT2D eigenvalue weighted by Crippen LogP contribution is -2.41. The van der Waals surface area contributed by atoms with Crippen LogP contribution in [0.4, 0.5) is 0 Å². The molecule has 1 heterocycles. The van der Waals surface area contributed by atoms with Gasteiger partial charge in [0.25, 0.3) is 0 Å². The summed E-state index contributed by atoms with van der Waals surface area (Å²) < 4.78 is 23.2. The molecule has 1 aromatic rings. The molecule has 0 saturated carbocycles. The van der Waals surface area contributed by atoms with Gasteiger partial charge in [-0.3, -0.25) is 9.98 Å². The van der Waals surface area contributed by atoms with Crippen molar-refractivity contribution in [3.05, 3.63) is 30.1 Å². The van der Waals surface area contributed by atoms with E-state index in [9.17, 15) is 8.42 Å². The van der Waals surface area contributed by atoms with Crippen LogP contribution in [0.2, 0.25) is 0 Å². The van der Waals surface area contributed by atoms with Crippen LogP contribution in [-0.4, -0.2) is 43.5 Å². The zero-order valence-corrected chi connectivity index (χ0v) is 16.6. The second-order valence-corrected chi connectivity index (χ2v) is 8.47. The average molecular weight is 440 g/mol. The second-order valence-electron chi connectivity index (χ2n) is 5.60. The summed E-state index contributed by atoms with van der Waals surface area (Å²) in [5.41, 5.74) is 0.891. The maximum absolute atomic E-state index is 12.0. The van der Waals surface area contributed by atoms with Gasteiger partial charge in [0.05, 0.1) is 22.7 Å². The third kappa shape index (κ3) is 6.91. The van der Waals surface area contributed by atoms with Crippen molar-refractivity contribution in [3.63, 3.8) is 0 Å². The Labute approximate surface area is 150 Å². The van der Waals surface area contributed by atoms with Crippen molar-refractivity contribution < 1.29 is 8.42 Å². The zero-order chi connectivity index (χ0) is 15.9. The fraction of sp³-hybridized carbons (Fsp3) is 0.571. The molecule has 8 heteroatoms. The number of rotatable bonds is 5. The standard InChI is InChI=1S/C14H24N4O2S.HI/c1-14(2,3)21(19,20)10-9-17-13(15-4)18-11-12-7-5-6-8-16-12;/h5-8H,9-11H2,1-4H3,(H2,15,17,18);1H. The van der Waals surface area contributed by atoms with Crippen LogP contribution in [-0.2, 0) is 16.4 Å². The van der Waals surface area contributed by atoms with Gasteiger partial charge in [-0.05, 0) is 32.9 Å². The topological polar surface area (TPSA) is 83.5 Å². The molecule has 0 amide bonds. The summed E-state index contributed by atoms with van der Waals surface area (Å²) in [5.74, 6) is 0.630. The number of nitrogens with one attached hydrogen (secondary N) is 2. The van der Waals surface area contributed by atoms with Crippen molar-refractivity contribution in [2.75, 3.05) is 19.3 Å². The normalized spacial score (nSPS) is 12.5. The van der Waals surface area contributed by atoms with Crippen molar-refractivity contribution in [3.8, 4) is 0 Å². The summed E-state index contributed by atoms with van der Waals surface area (Å²) >= 11 is 0. The maximum atomic E-state index is 12.0. The van der Waals surface area contributed by atoms with E-state index in [-0.39, 0.29) is 29.7 Å². The highest BCUT2D eigenvalue weighted by molar-refractivity contribution is 14.0. The monoisotopic (exact) mass is 440 g/mol. The lowest BCUT2D eigenvalue weighted by atomic mass is 10.3. The van der Waals surface area contributed by atoms with Crippen molar-refractivity contribution >= 4 is 39.8 Å². The van der Waals surface area contributed by atoms with E-state index in [1.165, 1.54) is 0 Å². The molecule has 2 N–H and O–H groups in total. The molecule has 0 radical (unpaired) electrons. The predicted molar refractivity (Wildman–Crippen MR) is 101 cm³/mol. The second kappa shape index (κ2) is 9.29. The maximum Gasteiger partial charge on any atom is 0.191 e. The van der Waals surface area contributed by atoms with Crippen LogP contribution in [0.3, 0.4) is 0 Å². The average Bonchev–Trinajstić information content (AvgIpc) is 2.42. The van der Waals surface area contributed by atoms with Gasteiger partial charge < -0.3 is 10.6 Å². The highest BCUT2D eigenvalue weighted by atomic mass is 127. The van der Waals surface area contributed by atoms with Crippen molar-refractivity contribution in [2.24, 2.45) is 4.99 Å². The van der Waals surface area contributed by atoms with Gasteiger partial charge in [-0.15, -0.1) is 24.0 Å². The molecule has 0 atom stereocenters. The number of halogens is 1. The molecule has 0 spiro atoms. The summed E-state index contributed by atoms with van der Waals surface area (Å²) in [6, 6.07) is 5.67. The molecule has 22 heavy (non-hydrogen) atoms. The first-order valence-electron chi connectivity index (χ1n) is 6.83. The first-order valence-corrected chi connectivity index (χ1v) is 8.48. The number of pyridine rings is 1. The van der Waals surface area contributed by atoms with Crippen LogP contribution in [0, 0.1) is 0 Å². The SMILES string of the molecule is CN=C(NCCS(=O)(=O)C(C)(C)C)NCc1ccccn1.I. The van der Waals surface area contributed by atoms with Gasteiger partial charge >= 0.3 is 0 Å². The zero-order valence-electron chi connectivity index (χ0n) is 13.5. The number of hydrogen-bond acceptors (Lipinski definition) is 4. The third-order valence-electron chi connectivity index (χ3n) is 2.98. The quantitative estimate of drug-likeness (QED) is 0.413. The van der Waals surface area contributed by atoms with Gasteiger partial charge in [0.2, 0.25) is 0 Å². The summed E-state index contributed by atoms with van der Waals surface area (Å²) in [6.07, 6.45) is 1.73. The highest BCUT2D eigenvalue weighted by Gasteiger charge is 2.28. The fourth-order valence-electron chi connectivity index (χ4n) is 1.51. The molecule has 0 aliphatic carbocycles. The lowest BCUT2D eigenvalue weighted by molar-refractivity contribution is 0.559. The number of aliphatic imine (C=N–C) groups is 1. The molecular formula is C14H25IN4O2S. The Balaban J connectivity index is 0.00000441. The van der Waals surface area contributed by atoms with E-state index in [4.69, 9.17) is 0 Å². The van der Waals surface area contributed by atoms with Gasteiger partial charge in [0, 0.05) is 19.8 Å². The molecule has 0 aromatic carbocycles. The number of hydrogen-bond donors (Lipinski definition) is 2. The van der Waals surface area contributed by atoms with Crippen molar-refractivity contribution in [1.82, 2.24) is 15.6 Å². The van der Waals surface area contributed by atoms with Gasteiger partial charge in [0.1, 0.15) is 0 Å². The molecular weight excluding hydrogens is 415 g/mol. The molecule has 0 aliphatic rings. The molecule has 6 nitrogen and oxygen atoms in total. The number of guanidine groups is 1. The van der Waals surface area contributed by atoms with Crippen LogP contribution >= 0.6 is 24.0 Å². The van der Waals surface area contributed by atoms with Gasteiger partial charge in [-0.25, -0.2) is 8.42 Å². The Hall–Kier alpha value is -0.900. The molecule has 0 saturated heterocycles. The first-order chi connectivity index (χ1) is 9.76. The van der Waals surface area contributed by atoms with Crippen LogP contribution in [0.5, 0.6) is 0 Å². The van der Waals surface area contributed by atoms with E-state index in [1.54, 1.807) is 34.0 Å². The number of nitrogens with zero attached hydrogens (tertiary/aromatic N) is 2. The molecule has 126 valence electrons. The van der Waals surface area contributed by atoms with Crippen LogP contribution in [0.25, 0.3) is 0 Å². The minimum atomic E-state index is -3.13. The minimum absolute atomic E-state index is 0. The van der Waals surface area contributed by atoms with E-state index in [0.29, 0.717) is 19.0 Å². The predicted octanol–water partition coefficient (Wildman–Crippen LogP) is 1.58. The molecule has 0 bridgehead atoms. The van der Waals surface area contributed by atoms with E-state index in [1.807, 2.05) is 18.2 Å². The first kappa shape index (κ1) is 21.1. The van der Waals surface area contributed by atoms with Crippen LogP contribution in [0.15, 0.2) is 29.4 Å². The van der Waals surface area contributed by atoms with Crippen molar-refractivity contribution in [2.45, 2.75) is 32.1 Å². The molecule has 1 aromatic heterocycles. The molecule has 1 rings (SSSR count). The van der Waals surface area contributed by atoms with E-state index in [0.717, 1.165) is 5.69 Å². The molecule has 0 fully saturated rings. The minimum Gasteiger partial charge on any atom is -0.355 e. The Morgan fingerprint density at radius 1 is 1.27 bits per heavy atom. The van der Waals surface area contributed by atoms with E-state index in [2.05, 4.69) is 20.6 Å². The van der Waals surface area contributed by atoms with Gasteiger partial charge in [-0.1, -0.05) is 6.07 Å². The number of aromatic nitrogens is 1. The molecule has 0 unspecified atom stereocenters. The lowest BCUT2D eigenvalue weighted by Gasteiger charge is -2.19. The largest absolute Gasteiger partial charge is 0.355 e. The van der Waals surface area contributed by atoms with Crippen LogP contribution < -0.4 is 10.6 Å². The fourth-order valence-corrected chi connectivity index (χ4v) is 2.49. The Bertz CT molecular complexity index is 568. The molecule has 0 aliphatic heterocycles. The summed E-state index contributed by atoms with van der Waals surface area (Å²) in [7, 11) is -1.48. The van der Waals surface area contributed by atoms with Crippen LogP contribution in [0.1, 0.15) is 26.5 Å². The Morgan fingerprint density at radius 3 is 2.45 bits per heavy atom. The smallest absolute Gasteiger partial charge is 0.191 e. The van der Waals surface area contributed by atoms with E-state index >= 15 is 0 Å². The third-order valence-corrected chi connectivity index (χ3v) is 5.59. The summed E-state index contributed by atoms with van der Waals surface area (Å²) in [4.78, 5) is 8.25. The summed E-state index contributed by atoms with van der Waals surface area (Å²) in [5, 5.41) is 6.09. The summed E-state index contributed by atoms with van der Waals surface area (Å²) in [6.45, 7) is 5.97. The van der Waals surface area contributed by atoms with E-state index < -0.39 is 14.6 Å².